The predicted octanol–water partition coefficient (Wildman–Crippen LogP) is 3.36. The Morgan fingerprint density at radius 1 is 1.22 bits per heavy atom. The van der Waals surface area contributed by atoms with Gasteiger partial charge in [0.25, 0.3) is 0 Å². The molecule has 0 bridgehead atoms. The molecule has 0 spiro atoms. The molecule has 2 rings (SSSR count). The van der Waals surface area contributed by atoms with Gasteiger partial charge in [0.1, 0.15) is 5.78 Å². The van der Waals surface area contributed by atoms with Gasteiger partial charge in [-0.15, -0.1) is 0 Å². The molecule has 2 heteroatoms. The molecule has 0 N–H and O–H groups in total. The van der Waals surface area contributed by atoms with Crippen molar-refractivity contribution < 1.29 is 4.79 Å². The number of carbonyl (C=O) groups is 1. The summed E-state index contributed by atoms with van der Waals surface area (Å²) in [5, 5.41) is 0. The van der Waals surface area contributed by atoms with Crippen molar-refractivity contribution in [2.24, 2.45) is 5.92 Å². The lowest BCUT2D eigenvalue weighted by Crippen LogP contribution is -2.30. The molecule has 1 aromatic rings. The van der Waals surface area contributed by atoms with Crippen molar-refractivity contribution in [2.75, 3.05) is 14.1 Å². The van der Waals surface area contributed by atoms with Crippen LogP contribution in [0.2, 0.25) is 0 Å². The van der Waals surface area contributed by atoms with Gasteiger partial charge >= 0.3 is 0 Å². The zero-order valence-electron chi connectivity index (χ0n) is 11.6. The monoisotopic (exact) mass is 245 g/mol. The van der Waals surface area contributed by atoms with E-state index in [2.05, 4.69) is 50.2 Å². The Kier molecular flexibility index (Phi) is 4.18. The molecule has 1 saturated carbocycles. The van der Waals surface area contributed by atoms with Crippen molar-refractivity contribution in [3.05, 3.63) is 35.4 Å². The first kappa shape index (κ1) is 13.3. The maximum atomic E-state index is 11.4. The highest BCUT2D eigenvalue weighted by Gasteiger charge is 2.28. The maximum Gasteiger partial charge on any atom is 0.132 e. The van der Waals surface area contributed by atoms with Gasteiger partial charge in [-0.05, 0) is 45.3 Å². The summed E-state index contributed by atoms with van der Waals surface area (Å²) in [6.07, 6.45) is 3.60. The summed E-state index contributed by atoms with van der Waals surface area (Å²) in [7, 11) is 4.28. The first-order chi connectivity index (χ1) is 8.58. The topological polar surface area (TPSA) is 20.3 Å². The summed E-state index contributed by atoms with van der Waals surface area (Å²) in [6, 6.07) is 9.21. The lowest BCUT2D eigenvalue weighted by molar-refractivity contribution is -0.121. The van der Waals surface area contributed by atoms with Gasteiger partial charge in [-0.1, -0.05) is 29.8 Å². The van der Waals surface area contributed by atoms with Crippen LogP contribution < -0.4 is 0 Å². The van der Waals surface area contributed by atoms with Crippen LogP contribution in [0.25, 0.3) is 0 Å². The van der Waals surface area contributed by atoms with E-state index in [0.717, 1.165) is 25.7 Å². The summed E-state index contributed by atoms with van der Waals surface area (Å²) in [5.74, 6) is 1.05. The summed E-state index contributed by atoms with van der Waals surface area (Å²) >= 11 is 0. The van der Waals surface area contributed by atoms with Crippen LogP contribution in [-0.4, -0.2) is 24.8 Å². The van der Waals surface area contributed by atoms with E-state index in [4.69, 9.17) is 0 Å². The van der Waals surface area contributed by atoms with Crippen molar-refractivity contribution >= 4 is 5.78 Å². The Hall–Kier alpha value is -1.15. The molecule has 0 heterocycles. The van der Waals surface area contributed by atoms with E-state index in [-0.39, 0.29) is 0 Å². The van der Waals surface area contributed by atoms with Crippen LogP contribution in [0, 0.1) is 12.8 Å². The first-order valence-electron chi connectivity index (χ1n) is 6.82. The van der Waals surface area contributed by atoms with Crippen LogP contribution >= 0.6 is 0 Å². The lowest BCUT2D eigenvalue weighted by Gasteiger charge is -2.35. The normalized spacial score (nSPS) is 19.2. The summed E-state index contributed by atoms with van der Waals surface area (Å²) in [6.45, 7) is 2.14. The number of hydrogen-bond acceptors (Lipinski definition) is 2. The van der Waals surface area contributed by atoms with Gasteiger partial charge in [-0.3, -0.25) is 4.79 Å². The van der Waals surface area contributed by atoms with Crippen LogP contribution in [0.1, 0.15) is 42.9 Å². The molecule has 0 aliphatic heterocycles. The number of Topliss-reactive ketones (excluding diaryl/α,β-unsaturated/α-hetero) is 1. The first-order valence-corrected chi connectivity index (χ1v) is 6.82. The summed E-state index contributed by atoms with van der Waals surface area (Å²) in [4.78, 5) is 13.7. The standard InChI is InChI=1S/C16H23NO/c1-12-5-4-6-14(11-12)16(17(2)3)13-7-9-15(18)10-8-13/h4-6,11,13,16H,7-10H2,1-3H3. The molecule has 1 atom stereocenters. The van der Waals surface area contributed by atoms with Crippen molar-refractivity contribution in [3.8, 4) is 0 Å². The molecular weight excluding hydrogens is 222 g/mol. The Labute approximate surface area is 110 Å². The van der Waals surface area contributed by atoms with Gasteiger partial charge in [0.05, 0.1) is 0 Å². The molecule has 18 heavy (non-hydrogen) atoms. The minimum absolute atomic E-state index is 0.438. The minimum Gasteiger partial charge on any atom is -0.302 e. The number of carbonyl (C=O) groups excluding carboxylic acids is 1. The van der Waals surface area contributed by atoms with Crippen LogP contribution in [0.5, 0.6) is 0 Å². The number of rotatable bonds is 3. The van der Waals surface area contributed by atoms with Crippen LogP contribution in [0.4, 0.5) is 0 Å². The van der Waals surface area contributed by atoms with Crippen molar-refractivity contribution in [2.45, 2.75) is 38.6 Å². The van der Waals surface area contributed by atoms with Gasteiger partial charge in [0.2, 0.25) is 0 Å². The summed E-state index contributed by atoms with van der Waals surface area (Å²) in [5.41, 5.74) is 2.70. The molecule has 0 radical (unpaired) electrons. The van der Waals surface area contributed by atoms with Gasteiger partial charge in [-0.2, -0.15) is 0 Å². The van der Waals surface area contributed by atoms with E-state index in [1.165, 1.54) is 11.1 Å². The third kappa shape index (κ3) is 2.99. The molecule has 0 aromatic heterocycles. The number of ketones is 1. The molecule has 1 unspecified atom stereocenters. The Morgan fingerprint density at radius 2 is 1.89 bits per heavy atom. The van der Waals surface area contributed by atoms with Crippen LogP contribution in [0.15, 0.2) is 24.3 Å². The average molecular weight is 245 g/mol. The highest BCUT2D eigenvalue weighted by Crippen LogP contribution is 2.36. The van der Waals surface area contributed by atoms with Crippen LogP contribution in [-0.2, 0) is 4.79 Å². The molecule has 1 aliphatic carbocycles. The second-order valence-corrected chi connectivity index (χ2v) is 5.70. The molecule has 1 aliphatic rings. The summed E-state index contributed by atoms with van der Waals surface area (Å²) < 4.78 is 0. The zero-order valence-corrected chi connectivity index (χ0v) is 11.6. The number of hydrogen-bond donors (Lipinski definition) is 0. The van der Waals surface area contributed by atoms with Gasteiger partial charge < -0.3 is 4.90 Å². The zero-order chi connectivity index (χ0) is 13.1. The van der Waals surface area contributed by atoms with Gasteiger partial charge in [-0.25, -0.2) is 0 Å². The van der Waals surface area contributed by atoms with E-state index < -0.39 is 0 Å². The molecule has 1 fully saturated rings. The largest absolute Gasteiger partial charge is 0.302 e. The maximum absolute atomic E-state index is 11.4. The van der Waals surface area contributed by atoms with E-state index in [0.29, 0.717) is 17.7 Å². The Balaban J connectivity index is 2.20. The second kappa shape index (κ2) is 5.66. The number of aryl methyl sites for hydroxylation is 1. The lowest BCUT2D eigenvalue weighted by atomic mass is 9.80. The molecule has 1 aromatic carbocycles. The van der Waals surface area contributed by atoms with Crippen LogP contribution in [0.3, 0.4) is 0 Å². The van der Waals surface area contributed by atoms with Gasteiger partial charge in [0, 0.05) is 18.9 Å². The second-order valence-electron chi connectivity index (χ2n) is 5.70. The molecule has 2 nitrogen and oxygen atoms in total. The molecule has 0 amide bonds. The molecular formula is C16H23NO. The predicted molar refractivity (Wildman–Crippen MR) is 74.6 cm³/mol. The number of benzene rings is 1. The Morgan fingerprint density at radius 3 is 2.44 bits per heavy atom. The number of nitrogens with zero attached hydrogens (tertiary/aromatic N) is 1. The third-order valence-corrected chi connectivity index (χ3v) is 3.97. The Bertz CT molecular complexity index is 415. The fourth-order valence-corrected chi connectivity index (χ4v) is 3.12. The molecule has 0 saturated heterocycles. The van der Waals surface area contributed by atoms with Crippen molar-refractivity contribution in [1.29, 1.82) is 0 Å². The third-order valence-electron chi connectivity index (χ3n) is 3.97. The van der Waals surface area contributed by atoms with Crippen molar-refractivity contribution in [3.63, 3.8) is 0 Å². The smallest absolute Gasteiger partial charge is 0.132 e. The fraction of sp³-hybridized carbons (Fsp3) is 0.562. The fourth-order valence-electron chi connectivity index (χ4n) is 3.12. The minimum atomic E-state index is 0.438. The highest BCUT2D eigenvalue weighted by atomic mass is 16.1. The highest BCUT2D eigenvalue weighted by molar-refractivity contribution is 5.79. The SMILES string of the molecule is Cc1cccc(C(C2CCC(=O)CC2)N(C)C)c1. The average Bonchev–Trinajstić information content (AvgIpc) is 2.32. The quantitative estimate of drug-likeness (QED) is 0.814. The van der Waals surface area contributed by atoms with E-state index in [1.807, 2.05) is 0 Å². The van der Waals surface area contributed by atoms with Gasteiger partial charge in [0.15, 0.2) is 0 Å². The van der Waals surface area contributed by atoms with Crippen molar-refractivity contribution in [1.82, 2.24) is 4.90 Å². The van der Waals surface area contributed by atoms with E-state index in [1.54, 1.807) is 0 Å². The molecule has 98 valence electrons. The van der Waals surface area contributed by atoms with E-state index >= 15 is 0 Å². The van der Waals surface area contributed by atoms with E-state index in [9.17, 15) is 4.79 Å².